The van der Waals surface area contributed by atoms with E-state index in [4.69, 9.17) is 21.1 Å². The van der Waals surface area contributed by atoms with Gasteiger partial charge < -0.3 is 18.9 Å². The van der Waals surface area contributed by atoms with E-state index >= 15 is 0 Å². The minimum Gasteiger partial charge on any atom is -0.493 e. The van der Waals surface area contributed by atoms with E-state index in [1.165, 1.54) is 5.56 Å². The maximum atomic E-state index is 14.0. The molecule has 3 aromatic carbocycles. The number of methoxy groups -OCH3 is 2. The minimum atomic E-state index is -0.142. The van der Waals surface area contributed by atoms with Crippen LogP contribution in [0.1, 0.15) is 33.1 Å². The van der Waals surface area contributed by atoms with Crippen LogP contribution in [0.5, 0.6) is 11.5 Å². The Bertz CT molecular complexity index is 1360. The standard InChI is InChI=1S/C28H27ClN2O3/c1-30-17-23(21-6-4-5-7-24(21)30)28(32)31-13-12-19-15-26(33-2)27(34-3)16-22(19)25(31)14-18-8-10-20(29)11-9-18/h4-11,15-17,25H,12-14H2,1-3H3. The number of aryl methyl sites for hydroxylation is 1. The van der Waals surface area contributed by atoms with Crippen LogP contribution in [0, 0.1) is 0 Å². The van der Waals surface area contributed by atoms with Gasteiger partial charge in [-0.2, -0.15) is 0 Å². The number of para-hydroxylation sites is 1. The number of fused-ring (bicyclic) bond motifs is 2. The molecule has 0 fully saturated rings. The van der Waals surface area contributed by atoms with Crippen molar-refractivity contribution >= 4 is 28.4 Å². The Morgan fingerprint density at radius 2 is 1.74 bits per heavy atom. The summed E-state index contributed by atoms with van der Waals surface area (Å²) in [6.07, 6.45) is 3.37. The molecule has 2 heterocycles. The van der Waals surface area contributed by atoms with Crippen LogP contribution in [0.3, 0.4) is 0 Å². The van der Waals surface area contributed by atoms with Gasteiger partial charge in [0.2, 0.25) is 0 Å². The van der Waals surface area contributed by atoms with E-state index in [0.717, 1.165) is 34.0 Å². The Morgan fingerprint density at radius 3 is 2.47 bits per heavy atom. The van der Waals surface area contributed by atoms with Gasteiger partial charge in [-0.25, -0.2) is 0 Å². The van der Waals surface area contributed by atoms with E-state index in [1.54, 1.807) is 14.2 Å². The quantitative estimate of drug-likeness (QED) is 0.365. The van der Waals surface area contributed by atoms with E-state index in [2.05, 4.69) is 0 Å². The van der Waals surface area contributed by atoms with Crippen molar-refractivity contribution in [2.45, 2.75) is 18.9 Å². The molecule has 0 radical (unpaired) electrons. The highest BCUT2D eigenvalue weighted by Gasteiger charge is 2.34. The molecule has 0 bridgehead atoms. The maximum absolute atomic E-state index is 14.0. The summed E-state index contributed by atoms with van der Waals surface area (Å²) in [5.41, 5.74) is 5.16. The molecule has 1 aromatic heterocycles. The molecule has 174 valence electrons. The Morgan fingerprint density at radius 1 is 1.03 bits per heavy atom. The van der Waals surface area contributed by atoms with Gasteiger partial charge in [-0.05, 0) is 59.9 Å². The summed E-state index contributed by atoms with van der Waals surface area (Å²) in [5, 5.41) is 1.67. The van der Waals surface area contributed by atoms with Crippen molar-refractivity contribution in [3.63, 3.8) is 0 Å². The zero-order valence-corrected chi connectivity index (χ0v) is 20.3. The summed E-state index contributed by atoms with van der Waals surface area (Å²) in [6, 6.07) is 19.8. The van der Waals surface area contributed by atoms with Gasteiger partial charge in [0, 0.05) is 35.7 Å². The highest BCUT2D eigenvalue weighted by Crippen LogP contribution is 2.40. The molecule has 4 aromatic rings. The normalized spacial score (nSPS) is 15.3. The Balaban J connectivity index is 1.60. The van der Waals surface area contributed by atoms with Crippen LogP contribution in [0.15, 0.2) is 66.9 Å². The van der Waals surface area contributed by atoms with E-state index in [9.17, 15) is 4.79 Å². The fourth-order valence-corrected chi connectivity index (χ4v) is 5.13. The van der Waals surface area contributed by atoms with E-state index in [-0.39, 0.29) is 11.9 Å². The average Bonchev–Trinajstić information content (AvgIpc) is 3.20. The van der Waals surface area contributed by atoms with Crippen LogP contribution in [0.25, 0.3) is 10.9 Å². The largest absolute Gasteiger partial charge is 0.493 e. The summed E-state index contributed by atoms with van der Waals surface area (Å²) >= 11 is 6.13. The lowest BCUT2D eigenvalue weighted by Gasteiger charge is -2.38. The van der Waals surface area contributed by atoms with Crippen molar-refractivity contribution in [1.29, 1.82) is 0 Å². The monoisotopic (exact) mass is 474 g/mol. The lowest BCUT2D eigenvalue weighted by Crippen LogP contribution is -2.41. The van der Waals surface area contributed by atoms with Gasteiger partial charge in [0.05, 0.1) is 25.8 Å². The fourth-order valence-electron chi connectivity index (χ4n) is 5.00. The third-order valence-electron chi connectivity index (χ3n) is 6.73. The first-order valence-electron chi connectivity index (χ1n) is 11.3. The van der Waals surface area contributed by atoms with Crippen molar-refractivity contribution in [2.75, 3.05) is 20.8 Å². The van der Waals surface area contributed by atoms with Gasteiger partial charge in [-0.1, -0.05) is 41.9 Å². The number of hydrogen-bond acceptors (Lipinski definition) is 3. The minimum absolute atomic E-state index is 0.0381. The smallest absolute Gasteiger partial charge is 0.256 e. The Labute approximate surface area is 204 Å². The van der Waals surface area contributed by atoms with Crippen LogP contribution >= 0.6 is 11.6 Å². The zero-order valence-electron chi connectivity index (χ0n) is 19.5. The van der Waals surface area contributed by atoms with E-state index in [0.29, 0.717) is 29.5 Å². The maximum Gasteiger partial charge on any atom is 0.256 e. The molecular formula is C28H27ClN2O3. The third kappa shape index (κ3) is 3.90. The molecule has 0 saturated carbocycles. The van der Waals surface area contributed by atoms with Gasteiger partial charge in [-0.15, -0.1) is 0 Å². The molecule has 0 spiro atoms. The first-order valence-corrected chi connectivity index (χ1v) is 11.7. The number of ether oxygens (including phenoxy) is 2. The average molecular weight is 475 g/mol. The van der Waals surface area contributed by atoms with Crippen molar-refractivity contribution in [2.24, 2.45) is 7.05 Å². The highest BCUT2D eigenvalue weighted by atomic mass is 35.5. The van der Waals surface area contributed by atoms with Gasteiger partial charge in [-0.3, -0.25) is 4.79 Å². The highest BCUT2D eigenvalue weighted by molar-refractivity contribution is 6.30. The number of halogens is 1. The lowest BCUT2D eigenvalue weighted by atomic mass is 9.87. The number of rotatable bonds is 5. The van der Waals surface area contributed by atoms with Crippen molar-refractivity contribution < 1.29 is 14.3 Å². The van der Waals surface area contributed by atoms with Gasteiger partial charge >= 0.3 is 0 Å². The molecule has 1 aliphatic heterocycles. The molecule has 1 atom stereocenters. The number of aromatic nitrogens is 1. The third-order valence-corrected chi connectivity index (χ3v) is 6.99. The summed E-state index contributed by atoms with van der Waals surface area (Å²) in [4.78, 5) is 16.0. The lowest BCUT2D eigenvalue weighted by molar-refractivity contribution is 0.0661. The van der Waals surface area contributed by atoms with Gasteiger partial charge in [0.15, 0.2) is 11.5 Å². The zero-order chi connectivity index (χ0) is 23.8. The number of carbonyl (C=O) groups excluding carboxylic acids is 1. The van der Waals surface area contributed by atoms with Crippen LogP contribution in [-0.2, 0) is 19.9 Å². The predicted molar refractivity (Wildman–Crippen MR) is 135 cm³/mol. The van der Waals surface area contributed by atoms with E-state index in [1.807, 2.05) is 83.4 Å². The topological polar surface area (TPSA) is 43.7 Å². The SMILES string of the molecule is COc1cc2c(cc1OC)C(Cc1ccc(Cl)cc1)N(C(=O)c1cn(C)c3ccccc13)CC2. The number of carbonyl (C=O) groups is 1. The van der Waals surface area contributed by atoms with Crippen LogP contribution < -0.4 is 9.47 Å². The fraction of sp³-hybridized carbons (Fsp3) is 0.250. The number of hydrogen-bond donors (Lipinski definition) is 0. The Kier molecular flexibility index (Phi) is 5.96. The Hall–Kier alpha value is -3.44. The van der Waals surface area contributed by atoms with Crippen molar-refractivity contribution in [1.82, 2.24) is 9.47 Å². The number of nitrogens with zero attached hydrogens (tertiary/aromatic N) is 2. The summed E-state index contributed by atoms with van der Waals surface area (Å²) < 4.78 is 13.2. The molecule has 5 nitrogen and oxygen atoms in total. The number of benzene rings is 3. The first-order chi connectivity index (χ1) is 16.5. The second kappa shape index (κ2) is 9.07. The van der Waals surface area contributed by atoms with Crippen molar-refractivity contribution in [3.8, 4) is 11.5 Å². The van der Waals surface area contributed by atoms with Crippen LogP contribution in [0.2, 0.25) is 5.02 Å². The second-order valence-electron chi connectivity index (χ2n) is 8.67. The summed E-state index contributed by atoms with van der Waals surface area (Å²) in [5.74, 6) is 1.42. The predicted octanol–water partition coefficient (Wildman–Crippen LogP) is 5.83. The van der Waals surface area contributed by atoms with Gasteiger partial charge in [0.25, 0.3) is 5.91 Å². The molecule has 1 unspecified atom stereocenters. The summed E-state index contributed by atoms with van der Waals surface area (Å²) in [7, 11) is 5.27. The summed E-state index contributed by atoms with van der Waals surface area (Å²) in [6.45, 7) is 0.628. The van der Waals surface area contributed by atoms with Crippen LogP contribution in [-0.4, -0.2) is 36.1 Å². The molecule has 6 heteroatoms. The molecular weight excluding hydrogens is 448 g/mol. The van der Waals surface area contributed by atoms with Gasteiger partial charge in [0.1, 0.15) is 0 Å². The van der Waals surface area contributed by atoms with Crippen molar-refractivity contribution in [3.05, 3.63) is 94.1 Å². The molecule has 5 rings (SSSR count). The molecule has 1 amide bonds. The van der Waals surface area contributed by atoms with E-state index < -0.39 is 0 Å². The van der Waals surface area contributed by atoms with Crippen LogP contribution in [0.4, 0.5) is 0 Å². The number of amides is 1. The molecule has 0 N–H and O–H groups in total. The molecule has 0 saturated heterocycles. The molecule has 1 aliphatic rings. The first kappa shape index (κ1) is 22.4. The second-order valence-corrected chi connectivity index (χ2v) is 9.11. The molecule has 34 heavy (non-hydrogen) atoms. The molecule has 0 aliphatic carbocycles.